The van der Waals surface area contributed by atoms with E-state index in [1.54, 1.807) is 25.1 Å². The Labute approximate surface area is 210 Å². The van der Waals surface area contributed by atoms with Crippen molar-refractivity contribution in [3.63, 3.8) is 0 Å². The molecule has 4 aromatic rings. The van der Waals surface area contributed by atoms with Gasteiger partial charge >= 0.3 is 0 Å². The Kier molecular flexibility index (Phi) is 5.94. The monoisotopic (exact) mass is 485 g/mol. The molecule has 2 saturated heterocycles. The zero-order valence-electron chi connectivity index (χ0n) is 20.9. The average Bonchev–Trinajstić information content (AvgIpc) is 3.66. The first-order valence-corrected chi connectivity index (χ1v) is 12.3. The molecule has 0 spiro atoms. The number of aromatic nitrogens is 4. The molecule has 0 unspecified atom stereocenters. The highest BCUT2D eigenvalue weighted by Crippen LogP contribution is 2.34. The van der Waals surface area contributed by atoms with Crippen molar-refractivity contribution in [2.24, 2.45) is 7.05 Å². The van der Waals surface area contributed by atoms with Crippen molar-refractivity contribution in [2.75, 3.05) is 45.3 Å². The summed E-state index contributed by atoms with van der Waals surface area (Å²) in [7, 11) is 5.27. The maximum atomic E-state index is 5.58. The second-order valence-electron chi connectivity index (χ2n) is 9.54. The van der Waals surface area contributed by atoms with E-state index in [2.05, 4.69) is 49.5 Å². The zero-order chi connectivity index (χ0) is 24.6. The molecule has 6 rings (SSSR count). The fourth-order valence-corrected chi connectivity index (χ4v) is 5.37. The lowest BCUT2D eigenvalue weighted by Crippen LogP contribution is -2.46. The van der Waals surface area contributed by atoms with Gasteiger partial charge in [0.25, 0.3) is 0 Å². The van der Waals surface area contributed by atoms with E-state index in [4.69, 9.17) is 14.5 Å². The number of ether oxygens (including phenoxy) is 2. The normalized spacial score (nSPS) is 19.2. The molecule has 2 aromatic carbocycles. The molecule has 2 fully saturated rings. The highest BCUT2D eigenvalue weighted by Gasteiger charge is 2.37. The van der Waals surface area contributed by atoms with Crippen molar-refractivity contribution in [3.05, 3.63) is 55.0 Å². The summed E-state index contributed by atoms with van der Waals surface area (Å²) in [6, 6.07) is 13.5. The lowest BCUT2D eigenvalue weighted by Gasteiger charge is -2.32. The summed E-state index contributed by atoms with van der Waals surface area (Å²) in [5, 5.41) is 7.88. The summed E-state index contributed by atoms with van der Waals surface area (Å²) >= 11 is 0. The second kappa shape index (κ2) is 9.40. The van der Waals surface area contributed by atoms with Gasteiger partial charge in [0.2, 0.25) is 0 Å². The number of likely N-dealkylation sites (tertiary alicyclic amines) is 1. The number of aryl methyl sites for hydroxylation is 1. The third kappa shape index (κ3) is 4.36. The third-order valence-electron chi connectivity index (χ3n) is 7.27. The van der Waals surface area contributed by atoms with E-state index in [0.29, 0.717) is 12.1 Å². The number of fused-ring (bicyclic) bond motifs is 3. The number of rotatable bonds is 8. The molecule has 36 heavy (non-hydrogen) atoms. The standard InChI is InChI=1S/C27H31N7O2/c1-32-16-18(13-30-32)27-15-29-25-5-4-20(11-26(25)31-27)34(7-6-33-17-19-8-22(33)14-28-19)21-9-23(35-2)12-24(10-21)36-3/h4-5,9-13,15-16,19,22,28H,6-8,14,17H2,1-3H3/t19-,22-/m0/s1. The molecular formula is C27H31N7O2. The van der Waals surface area contributed by atoms with E-state index in [1.807, 2.05) is 31.6 Å². The number of hydrogen-bond donors (Lipinski definition) is 1. The van der Waals surface area contributed by atoms with Gasteiger partial charge in [0.15, 0.2) is 0 Å². The molecule has 2 aliphatic heterocycles. The number of anilines is 2. The van der Waals surface area contributed by atoms with Gasteiger partial charge in [-0.25, -0.2) is 4.98 Å². The Hall–Kier alpha value is -3.69. The van der Waals surface area contributed by atoms with Crippen molar-refractivity contribution >= 4 is 22.4 Å². The zero-order valence-corrected chi connectivity index (χ0v) is 20.9. The van der Waals surface area contributed by atoms with Crippen LogP contribution in [0.25, 0.3) is 22.3 Å². The first-order valence-electron chi connectivity index (χ1n) is 12.3. The van der Waals surface area contributed by atoms with Crippen LogP contribution in [-0.2, 0) is 7.05 Å². The van der Waals surface area contributed by atoms with E-state index >= 15 is 0 Å². The van der Waals surface area contributed by atoms with Crippen LogP contribution < -0.4 is 19.7 Å². The molecule has 0 radical (unpaired) electrons. The molecule has 0 saturated carbocycles. The molecule has 2 bridgehead atoms. The highest BCUT2D eigenvalue weighted by molar-refractivity contribution is 5.82. The lowest BCUT2D eigenvalue weighted by atomic mass is 10.2. The van der Waals surface area contributed by atoms with Crippen molar-refractivity contribution in [3.8, 4) is 22.8 Å². The fraction of sp³-hybridized carbons (Fsp3) is 0.370. The molecule has 1 N–H and O–H groups in total. The molecule has 0 aliphatic carbocycles. The predicted molar refractivity (Wildman–Crippen MR) is 140 cm³/mol. The molecule has 9 nitrogen and oxygen atoms in total. The van der Waals surface area contributed by atoms with E-state index in [1.165, 1.54) is 6.42 Å². The Morgan fingerprint density at radius 3 is 2.53 bits per heavy atom. The summed E-state index contributed by atoms with van der Waals surface area (Å²) < 4.78 is 12.9. The molecule has 9 heteroatoms. The van der Waals surface area contributed by atoms with Crippen LogP contribution in [0.5, 0.6) is 11.5 Å². The van der Waals surface area contributed by atoms with Crippen molar-refractivity contribution < 1.29 is 9.47 Å². The maximum absolute atomic E-state index is 5.58. The number of methoxy groups -OCH3 is 2. The Balaban J connectivity index is 1.37. The van der Waals surface area contributed by atoms with Gasteiger partial charge in [-0.05, 0) is 24.6 Å². The molecule has 2 aliphatic rings. The minimum Gasteiger partial charge on any atom is -0.497 e. The summed E-state index contributed by atoms with van der Waals surface area (Å²) in [6.07, 6.45) is 6.82. The SMILES string of the molecule is COc1cc(OC)cc(N(CCN2C[C@@H]3C[C@H]2CN3)c2ccc3ncc(-c4cnn(C)c4)nc3c2)c1. The van der Waals surface area contributed by atoms with Crippen molar-refractivity contribution in [1.29, 1.82) is 0 Å². The molecule has 4 heterocycles. The molecule has 2 aromatic heterocycles. The van der Waals surface area contributed by atoms with Crippen molar-refractivity contribution in [1.82, 2.24) is 30.0 Å². The molecule has 186 valence electrons. The molecule has 2 atom stereocenters. The maximum Gasteiger partial charge on any atom is 0.124 e. The Morgan fingerprint density at radius 2 is 1.86 bits per heavy atom. The largest absolute Gasteiger partial charge is 0.497 e. The summed E-state index contributed by atoms with van der Waals surface area (Å²) in [5.74, 6) is 1.52. The smallest absolute Gasteiger partial charge is 0.124 e. The van der Waals surface area contributed by atoms with Crippen molar-refractivity contribution in [2.45, 2.75) is 18.5 Å². The van der Waals surface area contributed by atoms with Gasteiger partial charge in [0.05, 0.1) is 43.3 Å². The minimum absolute atomic E-state index is 0.626. The Morgan fingerprint density at radius 1 is 1.03 bits per heavy atom. The topological polar surface area (TPSA) is 80.6 Å². The van der Waals surface area contributed by atoms with Crippen LogP contribution in [0.3, 0.4) is 0 Å². The summed E-state index contributed by atoms with van der Waals surface area (Å²) in [6.45, 7) is 4.00. The molecular weight excluding hydrogens is 454 g/mol. The minimum atomic E-state index is 0.626. The Bertz CT molecular complexity index is 1370. The number of hydrogen-bond acceptors (Lipinski definition) is 8. The van der Waals surface area contributed by atoms with Crippen LogP contribution in [0.2, 0.25) is 0 Å². The number of benzene rings is 2. The molecule has 0 amide bonds. The quantitative estimate of drug-likeness (QED) is 0.408. The van der Waals surface area contributed by atoms with Gasteiger partial charge in [-0.2, -0.15) is 5.10 Å². The van der Waals surface area contributed by atoms with Crippen LogP contribution in [0.1, 0.15) is 6.42 Å². The predicted octanol–water partition coefficient (Wildman–Crippen LogP) is 3.23. The van der Waals surface area contributed by atoms with E-state index < -0.39 is 0 Å². The van der Waals surface area contributed by atoms with Gasteiger partial charge in [-0.15, -0.1) is 0 Å². The summed E-state index contributed by atoms with van der Waals surface area (Å²) in [5.41, 5.74) is 5.53. The van der Waals surface area contributed by atoms with Gasteiger partial charge in [-0.1, -0.05) is 0 Å². The van der Waals surface area contributed by atoms with Gasteiger partial charge in [0, 0.05) is 86.6 Å². The number of nitrogens with one attached hydrogen (secondary N) is 1. The second-order valence-corrected chi connectivity index (χ2v) is 9.54. The van der Waals surface area contributed by atoms with Gasteiger partial charge in [0.1, 0.15) is 11.5 Å². The average molecular weight is 486 g/mol. The van der Waals surface area contributed by atoms with E-state index in [9.17, 15) is 0 Å². The van der Waals surface area contributed by atoms with E-state index in [-0.39, 0.29) is 0 Å². The fourth-order valence-electron chi connectivity index (χ4n) is 5.37. The summed E-state index contributed by atoms with van der Waals surface area (Å²) in [4.78, 5) is 14.5. The number of piperazine rings is 1. The van der Waals surface area contributed by atoms with E-state index in [0.717, 1.165) is 71.3 Å². The van der Waals surface area contributed by atoms with Crippen LogP contribution in [0.15, 0.2) is 55.0 Å². The van der Waals surface area contributed by atoms with Gasteiger partial charge < -0.3 is 19.7 Å². The van der Waals surface area contributed by atoms with Crippen LogP contribution in [0, 0.1) is 0 Å². The van der Waals surface area contributed by atoms with Crippen LogP contribution >= 0.6 is 0 Å². The number of nitrogens with zero attached hydrogens (tertiary/aromatic N) is 6. The highest BCUT2D eigenvalue weighted by atomic mass is 16.5. The third-order valence-corrected chi connectivity index (χ3v) is 7.27. The lowest BCUT2D eigenvalue weighted by molar-refractivity contribution is 0.232. The van der Waals surface area contributed by atoms with Crippen LogP contribution in [-0.4, -0.2) is 77.1 Å². The first kappa shape index (κ1) is 22.8. The first-order chi connectivity index (χ1) is 17.6. The van der Waals surface area contributed by atoms with Crippen LogP contribution in [0.4, 0.5) is 11.4 Å². The van der Waals surface area contributed by atoms with Gasteiger partial charge in [-0.3, -0.25) is 14.6 Å².